The molecule has 2 aromatic carbocycles. The minimum absolute atomic E-state index is 0.00196. The molecule has 2 amide bonds. The van der Waals surface area contributed by atoms with Crippen molar-refractivity contribution in [2.24, 2.45) is 0 Å². The van der Waals surface area contributed by atoms with E-state index in [1.165, 1.54) is 0 Å². The molecule has 1 saturated heterocycles. The molecule has 0 aliphatic carbocycles. The number of carbonyl (C=O) groups excluding carboxylic acids is 3. The zero-order valence-electron chi connectivity index (χ0n) is 20.4. The summed E-state index contributed by atoms with van der Waals surface area (Å²) in [7, 11) is 0. The van der Waals surface area contributed by atoms with Crippen LogP contribution in [0.5, 0.6) is 0 Å². The maximum atomic E-state index is 13.7. The highest BCUT2D eigenvalue weighted by Gasteiger charge is 2.34. The van der Waals surface area contributed by atoms with Crippen LogP contribution in [0.25, 0.3) is 11.4 Å². The molecule has 36 heavy (non-hydrogen) atoms. The Morgan fingerprint density at radius 2 is 1.69 bits per heavy atom. The standard InChI is InChI=1S/C27H27ClN4O4/c1-4-36-27(35)22-18(3)29-24(19-10-6-5-7-11-19)30-23(22)26(34)31-14-15-32(17(2)16-31)25(33)20-12-8-9-13-21(20)28/h5-13,17H,4,14-16H2,1-3H3. The van der Waals surface area contributed by atoms with Crippen molar-refractivity contribution in [2.45, 2.75) is 26.8 Å². The first-order chi connectivity index (χ1) is 17.3. The van der Waals surface area contributed by atoms with Crippen molar-refractivity contribution in [3.05, 3.63) is 82.1 Å². The fraction of sp³-hybridized carbons (Fsp3) is 0.296. The van der Waals surface area contributed by atoms with E-state index in [1.54, 1.807) is 47.9 Å². The molecule has 0 bridgehead atoms. The normalized spacial score (nSPS) is 15.5. The van der Waals surface area contributed by atoms with E-state index in [2.05, 4.69) is 9.97 Å². The summed E-state index contributed by atoms with van der Waals surface area (Å²) in [6, 6.07) is 15.9. The molecule has 186 valence electrons. The zero-order chi connectivity index (χ0) is 25.8. The Morgan fingerprint density at radius 3 is 2.36 bits per heavy atom. The smallest absolute Gasteiger partial charge is 0.342 e. The van der Waals surface area contributed by atoms with Crippen molar-refractivity contribution in [1.82, 2.24) is 19.8 Å². The number of hydrogen-bond acceptors (Lipinski definition) is 6. The number of aromatic nitrogens is 2. The summed E-state index contributed by atoms with van der Waals surface area (Å²) in [5, 5.41) is 0.386. The quantitative estimate of drug-likeness (QED) is 0.480. The third-order valence-electron chi connectivity index (χ3n) is 6.08. The Labute approximate surface area is 214 Å². The molecular formula is C27H27ClN4O4. The molecule has 1 atom stereocenters. The van der Waals surface area contributed by atoms with Gasteiger partial charge in [-0.2, -0.15) is 0 Å². The minimum atomic E-state index is -0.640. The van der Waals surface area contributed by atoms with E-state index in [0.29, 0.717) is 28.6 Å². The molecule has 1 unspecified atom stereocenters. The van der Waals surface area contributed by atoms with Crippen LogP contribution >= 0.6 is 11.6 Å². The molecule has 0 N–H and O–H groups in total. The lowest BCUT2D eigenvalue weighted by Crippen LogP contribution is -2.55. The Balaban J connectivity index is 1.63. The Kier molecular flexibility index (Phi) is 7.64. The lowest BCUT2D eigenvalue weighted by Gasteiger charge is -2.40. The van der Waals surface area contributed by atoms with E-state index >= 15 is 0 Å². The predicted molar refractivity (Wildman–Crippen MR) is 136 cm³/mol. The van der Waals surface area contributed by atoms with E-state index < -0.39 is 11.9 Å². The van der Waals surface area contributed by atoms with Crippen molar-refractivity contribution < 1.29 is 19.1 Å². The lowest BCUT2D eigenvalue weighted by molar-refractivity contribution is 0.0406. The van der Waals surface area contributed by atoms with Crippen LogP contribution in [0.4, 0.5) is 0 Å². The van der Waals surface area contributed by atoms with Crippen LogP contribution in [-0.4, -0.2) is 69.8 Å². The minimum Gasteiger partial charge on any atom is -0.462 e. The van der Waals surface area contributed by atoms with Crippen LogP contribution in [-0.2, 0) is 4.74 Å². The van der Waals surface area contributed by atoms with E-state index in [0.717, 1.165) is 5.56 Å². The molecule has 1 aliphatic heterocycles. The summed E-state index contributed by atoms with van der Waals surface area (Å²) < 4.78 is 5.21. The van der Waals surface area contributed by atoms with Gasteiger partial charge in [0, 0.05) is 31.2 Å². The SMILES string of the molecule is CCOC(=O)c1c(C)nc(-c2ccccc2)nc1C(=O)N1CCN(C(=O)c2ccccc2Cl)C(C)C1. The van der Waals surface area contributed by atoms with Crippen LogP contribution in [0.15, 0.2) is 54.6 Å². The van der Waals surface area contributed by atoms with Crippen LogP contribution in [0.1, 0.15) is 50.7 Å². The maximum Gasteiger partial charge on any atom is 0.342 e. The van der Waals surface area contributed by atoms with Crippen molar-refractivity contribution in [2.75, 3.05) is 26.2 Å². The summed E-state index contributed by atoms with van der Waals surface area (Å²) in [6.07, 6.45) is 0. The van der Waals surface area contributed by atoms with Gasteiger partial charge >= 0.3 is 5.97 Å². The van der Waals surface area contributed by atoms with Crippen molar-refractivity contribution in [3.63, 3.8) is 0 Å². The van der Waals surface area contributed by atoms with E-state index in [1.807, 2.05) is 37.3 Å². The van der Waals surface area contributed by atoms with Gasteiger partial charge in [-0.15, -0.1) is 0 Å². The molecule has 0 radical (unpaired) electrons. The summed E-state index contributed by atoms with van der Waals surface area (Å²) >= 11 is 6.23. The van der Waals surface area contributed by atoms with Crippen LogP contribution < -0.4 is 0 Å². The van der Waals surface area contributed by atoms with Gasteiger partial charge in [-0.3, -0.25) is 9.59 Å². The van der Waals surface area contributed by atoms with E-state index in [4.69, 9.17) is 16.3 Å². The molecule has 1 aromatic heterocycles. The summed E-state index contributed by atoms with van der Waals surface area (Å²) in [6.45, 7) is 6.28. The van der Waals surface area contributed by atoms with Crippen molar-refractivity contribution in [1.29, 1.82) is 0 Å². The highest BCUT2D eigenvalue weighted by molar-refractivity contribution is 6.33. The van der Waals surface area contributed by atoms with Gasteiger partial charge in [-0.1, -0.05) is 54.1 Å². The van der Waals surface area contributed by atoms with Crippen molar-refractivity contribution in [3.8, 4) is 11.4 Å². The molecule has 0 saturated carbocycles. The number of carbonyl (C=O) groups is 3. The number of halogens is 1. The number of benzene rings is 2. The second kappa shape index (κ2) is 10.9. The molecule has 8 nitrogen and oxygen atoms in total. The zero-order valence-corrected chi connectivity index (χ0v) is 21.2. The molecule has 2 heterocycles. The lowest BCUT2D eigenvalue weighted by atomic mass is 10.1. The van der Waals surface area contributed by atoms with Crippen molar-refractivity contribution >= 4 is 29.4 Å². The molecule has 1 aliphatic rings. The monoisotopic (exact) mass is 506 g/mol. The third-order valence-corrected chi connectivity index (χ3v) is 6.41. The van der Waals surface area contributed by atoms with Gasteiger partial charge in [0.2, 0.25) is 0 Å². The van der Waals surface area contributed by atoms with Gasteiger partial charge in [-0.25, -0.2) is 14.8 Å². The second-order valence-electron chi connectivity index (χ2n) is 8.52. The first-order valence-corrected chi connectivity index (χ1v) is 12.2. The number of esters is 1. The Bertz CT molecular complexity index is 1300. The average Bonchev–Trinajstić information content (AvgIpc) is 2.88. The summed E-state index contributed by atoms with van der Waals surface area (Å²) in [5.74, 6) is -0.877. The third kappa shape index (κ3) is 5.09. The number of aryl methyl sites for hydroxylation is 1. The fourth-order valence-corrected chi connectivity index (χ4v) is 4.49. The number of piperazine rings is 1. The number of amides is 2. The first kappa shape index (κ1) is 25.3. The number of ether oxygens (including phenoxy) is 1. The predicted octanol–water partition coefficient (Wildman–Crippen LogP) is 4.27. The molecular weight excluding hydrogens is 480 g/mol. The number of nitrogens with zero attached hydrogens (tertiary/aromatic N) is 4. The molecule has 3 aromatic rings. The highest BCUT2D eigenvalue weighted by Crippen LogP contribution is 2.24. The Morgan fingerprint density at radius 1 is 1.00 bits per heavy atom. The van der Waals surface area contributed by atoms with Gasteiger partial charge in [0.05, 0.1) is 22.9 Å². The van der Waals surface area contributed by atoms with E-state index in [9.17, 15) is 14.4 Å². The topological polar surface area (TPSA) is 92.7 Å². The molecule has 9 heteroatoms. The first-order valence-electron chi connectivity index (χ1n) is 11.8. The average molecular weight is 507 g/mol. The summed E-state index contributed by atoms with van der Waals surface area (Å²) in [4.78, 5) is 51.9. The van der Waals surface area contributed by atoms with Crippen LogP contribution in [0.2, 0.25) is 5.02 Å². The molecule has 0 spiro atoms. The van der Waals surface area contributed by atoms with Gasteiger partial charge in [0.1, 0.15) is 11.3 Å². The second-order valence-corrected chi connectivity index (χ2v) is 8.93. The largest absolute Gasteiger partial charge is 0.462 e. The van der Waals surface area contributed by atoms with Gasteiger partial charge < -0.3 is 14.5 Å². The Hall–Kier alpha value is -3.78. The summed E-state index contributed by atoms with van der Waals surface area (Å²) in [5.41, 5.74) is 1.58. The number of rotatable bonds is 5. The highest BCUT2D eigenvalue weighted by atomic mass is 35.5. The number of hydrogen-bond donors (Lipinski definition) is 0. The maximum absolute atomic E-state index is 13.7. The molecule has 4 rings (SSSR count). The molecule has 1 fully saturated rings. The van der Waals surface area contributed by atoms with Gasteiger partial charge in [0.15, 0.2) is 5.82 Å². The van der Waals surface area contributed by atoms with Gasteiger partial charge in [0.25, 0.3) is 11.8 Å². The van der Waals surface area contributed by atoms with E-state index in [-0.39, 0.29) is 42.9 Å². The van der Waals surface area contributed by atoms with Crippen LogP contribution in [0.3, 0.4) is 0 Å². The van der Waals surface area contributed by atoms with Gasteiger partial charge in [-0.05, 0) is 32.9 Å². The fourth-order valence-electron chi connectivity index (χ4n) is 4.27. The van der Waals surface area contributed by atoms with Crippen LogP contribution in [0, 0.1) is 6.92 Å².